The first-order chi connectivity index (χ1) is 10.8. The lowest BCUT2D eigenvalue weighted by Gasteiger charge is -2.25. The highest BCUT2D eigenvalue weighted by Crippen LogP contribution is 2.02. The standard InChI is InChI=1S/C18H32N2O3/c1-7-17(21)19(13-15(3)4)9-11-23-12-10-20(14-16(5)6)18(22)8-2/h7-8,15-16H,1-2,9-14H2,3-6H3. The summed E-state index contributed by atoms with van der Waals surface area (Å²) in [5, 5.41) is 0. The van der Waals surface area contributed by atoms with E-state index in [0.29, 0.717) is 51.2 Å². The normalized spacial score (nSPS) is 10.7. The summed E-state index contributed by atoms with van der Waals surface area (Å²) < 4.78 is 5.59. The van der Waals surface area contributed by atoms with E-state index >= 15 is 0 Å². The van der Waals surface area contributed by atoms with Crippen molar-refractivity contribution in [3.8, 4) is 0 Å². The second-order valence-electron chi connectivity index (χ2n) is 6.38. The first-order valence-electron chi connectivity index (χ1n) is 8.22. The molecule has 23 heavy (non-hydrogen) atoms. The summed E-state index contributed by atoms with van der Waals surface area (Å²) in [6, 6.07) is 0. The highest BCUT2D eigenvalue weighted by Gasteiger charge is 2.13. The predicted octanol–water partition coefficient (Wildman–Crippen LogP) is 2.34. The molecule has 0 atom stereocenters. The van der Waals surface area contributed by atoms with Crippen molar-refractivity contribution in [2.45, 2.75) is 27.7 Å². The highest BCUT2D eigenvalue weighted by molar-refractivity contribution is 5.87. The number of hydrogen-bond acceptors (Lipinski definition) is 3. The van der Waals surface area contributed by atoms with Crippen LogP contribution in [0.4, 0.5) is 0 Å². The van der Waals surface area contributed by atoms with Crippen LogP contribution in [0.5, 0.6) is 0 Å². The zero-order valence-corrected chi connectivity index (χ0v) is 15.1. The van der Waals surface area contributed by atoms with Gasteiger partial charge >= 0.3 is 0 Å². The molecular formula is C18H32N2O3. The van der Waals surface area contributed by atoms with Crippen molar-refractivity contribution in [3.63, 3.8) is 0 Å². The second kappa shape index (κ2) is 11.9. The Kier molecular flexibility index (Phi) is 11.0. The monoisotopic (exact) mass is 324 g/mol. The topological polar surface area (TPSA) is 49.9 Å². The van der Waals surface area contributed by atoms with Crippen LogP contribution in [0, 0.1) is 11.8 Å². The van der Waals surface area contributed by atoms with E-state index in [-0.39, 0.29) is 11.8 Å². The first-order valence-corrected chi connectivity index (χ1v) is 8.22. The van der Waals surface area contributed by atoms with Gasteiger partial charge in [0.15, 0.2) is 0 Å². The average Bonchev–Trinajstić information content (AvgIpc) is 2.49. The smallest absolute Gasteiger partial charge is 0.246 e. The van der Waals surface area contributed by atoms with Crippen LogP contribution in [-0.4, -0.2) is 61.0 Å². The Morgan fingerprint density at radius 1 is 0.870 bits per heavy atom. The van der Waals surface area contributed by atoms with Crippen LogP contribution >= 0.6 is 0 Å². The molecule has 0 radical (unpaired) electrons. The van der Waals surface area contributed by atoms with Gasteiger partial charge in [0, 0.05) is 26.2 Å². The number of amides is 2. The number of carbonyl (C=O) groups is 2. The van der Waals surface area contributed by atoms with Crippen LogP contribution in [0.1, 0.15) is 27.7 Å². The molecule has 0 aromatic carbocycles. The van der Waals surface area contributed by atoms with Gasteiger partial charge in [-0.25, -0.2) is 0 Å². The highest BCUT2D eigenvalue weighted by atomic mass is 16.5. The molecule has 132 valence electrons. The molecule has 0 rings (SSSR count). The summed E-state index contributed by atoms with van der Waals surface area (Å²) in [6.07, 6.45) is 2.66. The van der Waals surface area contributed by atoms with E-state index in [0.717, 1.165) is 0 Å². The molecule has 2 amide bonds. The molecule has 0 aliphatic carbocycles. The van der Waals surface area contributed by atoms with E-state index in [9.17, 15) is 9.59 Å². The molecule has 5 heteroatoms. The Hall–Kier alpha value is -1.62. The van der Waals surface area contributed by atoms with E-state index in [2.05, 4.69) is 40.9 Å². The molecule has 0 spiro atoms. The minimum absolute atomic E-state index is 0.0782. The van der Waals surface area contributed by atoms with E-state index in [1.54, 1.807) is 9.80 Å². The van der Waals surface area contributed by atoms with Gasteiger partial charge in [-0.1, -0.05) is 40.9 Å². The Balaban J connectivity index is 4.20. The quantitative estimate of drug-likeness (QED) is 0.409. The van der Waals surface area contributed by atoms with Crippen LogP contribution in [0.25, 0.3) is 0 Å². The zero-order chi connectivity index (χ0) is 17.8. The van der Waals surface area contributed by atoms with Gasteiger partial charge in [-0.3, -0.25) is 9.59 Å². The van der Waals surface area contributed by atoms with Gasteiger partial charge in [0.1, 0.15) is 0 Å². The van der Waals surface area contributed by atoms with Crippen LogP contribution in [-0.2, 0) is 14.3 Å². The van der Waals surface area contributed by atoms with Gasteiger partial charge in [0.05, 0.1) is 13.2 Å². The van der Waals surface area contributed by atoms with E-state index < -0.39 is 0 Å². The summed E-state index contributed by atoms with van der Waals surface area (Å²) in [6.45, 7) is 18.6. The Labute approximate surface area is 141 Å². The van der Waals surface area contributed by atoms with Crippen molar-refractivity contribution >= 4 is 11.8 Å². The fraction of sp³-hybridized carbons (Fsp3) is 0.667. The van der Waals surface area contributed by atoms with Crippen molar-refractivity contribution in [2.75, 3.05) is 39.4 Å². The molecule has 0 aromatic heterocycles. The number of rotatable bonds is 12. The summed E-state index contributed by atoms with van der Waals surface area (Å²) in [5.41, 5.74) is 0. The third-order valence-electron chi connectivity index (χ3n) is 3.15. The lowest BCUT2D eigenvalue weighted by atomic mass is 10.2. The lowest BCUT2D eigenvalue weighted by Crippen LogP contribution is -2.37. The van der Waals surface area contributed by atoms with Crippen LogP contribution in [0.3, 0.4) is 0 Å². The van der Waals surface area contributed by atoms with E-state index in [4.69, 9.17) is 4.74 Å². The third-order valence-corrected chi connectivity index (χ3v) is 3.15. The number of hydrogen-bond donors (Lipinski definition) is 0. The maximum Gasteiger partial charge on any atom is 0.246 e. The summed E-state index contributed by atoms with van der Waals surface area (Å²) in [5.74, 6) is 0.632. The third kappa shape index (κ3) is 9.89. The minimum Gasteiger partial charge on any atom is -0.378 e. The fourth-order valence-corrected chi connectivity index (χ4v) is 2.17. The molecule has 0 aliphatic rings. The fourth-order valence-electron chi connectivity index (χ4n) is 2.17. The molecule has 0 aromatic rings. The Morgan fingerprint density at radius 2 is 1.22 bits per heavy atom. The van der Waals surface area contributed by atoms with E-state index in [1.807, 2.05) is 0 Å². The lowest BCUT2D eigenvalue weighted by molar-refractivity contribution is -0.127. The Morgan fingerprint density at radius 3 is 1.48 bits per heavy atom. The number of ether oxygens (including phenoxy) is 1. The molecule has 0 unspecified atom stereocenters. The van der Waals surface area contributed by atoms with Crippen LogP contribution < -0.4 is 0 Å². The second-order valence-corrected chi connectivity index (χ2v) is 6.38. The van der Waals surface area contributed by atoms with Gasteiger partial charge in [-0.05, 0) is 24.0 Å². The van der Waals surface area contributed by atoms with Crippen LogP contribution in [0.15, 0.2) is 25.3 Å². The van der Waals surface area contributed by atoms with Crippen molar-refractivity contribution in [2.24, 2.45) is 11.8 Å². The number of nitrogens with zero attached hydrogens (tertiary/aromatic N) is 2. The molecule has 5 nitrogen and oxygen atoms in total. The largest absolute Gasteiger partial charge is 0.378 e. The van der Waals surface area contributed by atoms with Gasteiger partial charge in [0.25, 0.3) is 0 Å². The zero-order valence-electron chi connectivity index (χ0n) is 15.1. The molecule has 0 N–H and O–H groups in total. The van der Waals surface area contributed by atoms with E-state index in [1.165, 1.54) is 12.2 Å². The molecule has 0 bridgehead atoms. The molecular weight excluding hydrogens is 292 g/mol. The van der Waals surface area contributed by atoms with Crippen molar-refractivity contribution < 1.29 is 14.3 Å². The molecule has 0 saturated carbocycles. The first kappa shape index (κ1) is 21.4. The molecule has 0 fully saturated rings. The van der Waals surface area contributed by atoms with Gasteiger partial charge < -0.3 is 14.5 Å². The van der Waals surface area contributed by atoms with Crippen LogP contribution in [0.2, 0.25) is 0 Å². The SMILES string of the molecule is C=CC(=O)N(CCOCCN(CC(C)C)C(=O)C=C)CC(C)C. The molecule has 0 aliphatic heterocycles. The van der Waals surface area contributed by atoms with Gasteiger partial charge in [-0.2, -0.15) is 0 Å². The van der Waals surface area contributed by atoms with Crippen molar-refractivity contribution in [1.29, 1.82) is 0 Å². The van der Waals surface area contributed by atoms with Gasteiger partial charge in [0.2, 0.25) is 11.8 Å². The average molecular weight is 324 g/mol. The molecule has 0 heterocycles. The summed E-state index contributed by atoms with van der Waals surface area (Å²) >= 11 is 0. The minimum atomic E-state index is -0.0782. The summed E-state index contributed by atoms with van der Waals surface area (Å²) in [7, 11) is 0. The Bertz CT molecular complexity index is 356. The maximum atomic E-state index is 11.8. The van der Waals surface area contributed by atoms with Crippen molar-refractivity contribution in [1.82, 2.24) is 9.80 Å². The number of carbonyl (C=O) groups excluding carboxylic acids is 2. The van der Waals surface area contributed by atoms with Crippen molar-refractivity contribution in [3.05, 3.63) is 25.3 Å². The van der Waals surface area contributed by atoms with Gasteiger partial charge in [-0.15, -0.1) is 0 Å². The predicted molar refractivity (Wildman–Crippen MR) is 94.0 cm³/mol. The molecule has 0 saturated heterocycles. The maximum absolute atomic E-state index is 11.8. The summed E-state index contributed by atoms with van der Waals surface area (Å²) in [4.78, 5) is 27.0.